The SMILES string of the molecule is COc1cc2nc(C)nc(NCc3cc(N)nc(C(F)(F)F)c3)c2cc1OCC(OC)C(C)C. The second-order valence-corrected chi connectivity index (χ2v) is 8.11. The van der Waals surface area contributed by atoms with E-state index in [1.165, 1.54) is 13.2 Å². The molecule has 2 heterocycles. The average molecular weight is 480 g/mol. The molecule has 1 aromatic carbocycles. The second kappa shape index (κ2) is 10.3. The maximum absolute atomic E-state index is 13.1. The number of nitrogen functional groups attached to an aromatic ring is 1. The number of alkyl halides is 3. The zero-order valence-electron chi connectivity index (χ0n) is 19.7. The summed E-state index contributed by atoms with van der Waals surface area (Å²) < 4.78 is 56.2. The van der Waals surface area contributed by atoms with E-state index < -0.39 is 11.9 Å². The Bertz CT molecular complexity index is 1150. The van der Waals surface area contributed by atoms with E-state index in [-0.39, 0.29) is 24.4 Å². The summed E-state index contributed by atoms with van der Waals surface area (Å²) in [6, 6.07) is 5.81. The molecule has 0 saturated heterocycles. The van der Waals surface area contributed by atoms with Crippen LogP contribution in [0.15, 0.2) is 24.3 Å². The van der Waals surface area contributed by atoms with Crippen molar-refractivity contribution in [2.45, 2.75) is 39.6 Å². The number of aromatic nitrogens is 3. The number of aryl methyl sites for hydroxylation is 1. The van der Waals surface area contributed by atoms with Crippen LogP contribution in [0.25, 0.3) is 10.9 Å². The first-order valence-corrected chi connectivity index (χ1v) is 10.6. The number of ether oxygens (including phenoxy) is 3. The molecule has 34 heavy (non-hydrogen) atoms. The summed E-state index contributed by atoms with van der Waals surface area (Å²) in [5, 5.41) is 3.71. The van der Waals surface area contributed by atoms with Gasteiger partial charge in [-0.3, -0.25) is 0 Å². The van der Waals surface area contributed by atoms with Gasteiger partial charge >= 0.3 is 6.18 Å². The lowest BCUT2D eigenvalue weighted by atomic mass is 10.1. The van der Waals surface area contributed by atoms with Crippen LogP contribution in [0.2, 0.25) is 0 Å². The Morgan fingerprint density at radius 3 is 2.38 bits per heavy atom. The molecular formula is C23H28F3N5O3. The summed E-state index contributed by atoms with van der Waals surface area (Å²) in [6.07, 6.45) is -4.71. The molecule has 0 fully saturated rings. The fourth-order valence-electron chi connectivity index (χ4n) is 3.41. The van der Waals surface area contributed by atoms with Gasteiger partial charge in [-0.1, -0.05) is 13.8 Å². The molecule has 8 nitrogen and oxygen atoms in total. The number of fused-ring (bicyclic) bond motifs is 1. The summed E-state index contributed by atoms with van der Waals surface area (Å²) in [7, 11) is 3.16. The number of nitrogens with zero attached hydrogens (tertiary/aromatic N) is 3. The van der Waals surface area contributed by atoms with Crippen molar-refractivity contribution in [3.05, 3.63) is 41.3 Å². The molecule has 3 aromatic rings. The molecule has 0 bridgehead atoms. The number of benzene rings is 1. The number of pyridine rings is 1. The largest absolute Gasteiger partial charge is 0.493 e. The van der Waals surface area contributed by atoms with Crippen LogP contribution in [0.3, 0.4) is 0 Å². The number of hydrogen-bond acceptors (Lipinski definition) is 8. The Morgan fingerprint density at radius 1 is 1.03 bits per heavy atom. The second-order valence-electron chi connectivity index (χ2n) is 8.11. The Kier molecular flexibility index (Phi) is 7.65. The molecule has 1 unspecified atom stereocenters. The van der Waals surface area contributed by atoms with Crippen molar-refractivity contribution < 1.29 is 27.4 Å². The molecule has 0 radical (unpaired) electrons. The maximum atomic E-state index is 13.1. The third-order valence-corrected chi connectivity index (χ3v) is 5.20. The van der Waals surface area contributed by atoms with Gasteiger partial charge in [0.2, 0.25) is 0 Å². The van der Waals surface area contributed by atoms with Gasteiger partial charge < -0.3 is 25.3 Å². The lowest BCUT2D eigenvalue weighted by Gasteiger charge is -2.21. The van der Waals surface area contributed by atoms with Crippen LogP contribution < -0.4 is 20.5 Å². The van der Waals surface area contributed by atoms with E-state index in [9.17, 15) is 13.2 Å². The molecule has 0 amide bonds. The van der Waals surface area contributed by atoms with Crippen LogP contribution in [-0.4, -0.2) is 41.9 Å². The topological polar surface area (TPSA) is 104 Å². The highest BCUT2D eigenvalue weighted by Gasteiger charge is 2.33. The molecule has 11 heteroatoms. The van der Waals surface area contributed by atoms with Gasteiger partial charge in [0.15, 0.2) is 11.5 Å². The Labute approximate surface area is 195 Å². The minimum absolute atomic E-state index is 0.0443. The van der Waals surface area contributed by atoms with Gasteiger partial charge in [-0.05, 0) is 36.6 Å². The van der Waals surface area contributed by atoms with Gasteiger partial charge in [-0.25, -0.2) is 15.0 Å². The predicted molar refractivity (Wildman–Crippen MR) is 123 cm³/mol. The van der Waals surface area contributed by atoms with Crippen molar-refractivity contribution >= 4 is 22.5 Å². The number of halogens is 3. The molecule has 0 spiro atoms. The molecule has 0 aliphatic rings. The average Bonchev–Trinajstić information content (AvgIpc) is 2.76. The molecule has 0 aliphatic carbocycles. The fraction of sp³-hybridized carbons (Fsp3) is 0.435. The molecule has 184 valence electrons. The van der Waals surface area contributed by atoms with Gasteiger partial charge in [0.1, 0.15) is 29.8 Å². The summed E-state index contributed by atoms with van der Waals surface area (Å²) >= 11 is 0. The molecular weight excluding hydrogens is 451 g/mol. The molecule has 3 rings (SSSR count). The summed E-state index contributed by atoms with van der Waals surface area (Å²) in [6.45, 7) is 6.14. The third-order valence-electron chi connectivity index (χ3n) is 5.20. The standard InChI is InChI=1S/C23H28F3N5O3/c1-12(2)19(33-5)11-34-18-8-15-16(9-17(18)32-4)29-13(3)30-22(15)28-10-14-6-20(23(24,25)26)31-21(27)7-14/h6-9,12,19H,10-11H2,1-5H3,(H2,27,31)(H,28,29,30). The molecule has 1 atom stereocenters. The monoisotopic (exact) mass is 479 g/mol. The van der Waals surface area contributed by atoms with Crippen molar-refractivity contribution in [3.8, 4) is 11.5 Å². The van der Waals surface area contributed by atoms with Gasteiger partial charge in [0, 0.05) is 25.1 Å². The number of rotatable bonds is 9. The predicted octanol–water partition coefficient (Wildman–Crippen LogP) is 4.60. The molecule has 3 N–H and O–H groups in total. The summed E-state index contributed by atoms with van der Waals surface area (Å²) in [5.41, 5.74) is 5.43. The van der Waals surface area contributed by atoms with E-state index in [0.717, 1.165) is 6.07 Å². The first kappa shape index (κ1) is 25.3. The number of nitrogens with two attached hydrogens (primary N) is 1. The van der Waals surface area contributed by atoms with E-state index in [1.807, 2.05) is 13.8 Å². The Balaban J connectivity index is 1.94. The van der Waals surface area contributed by atoms with Crippen LogP contribution in [0.1, 0.15) is 30.9 Å². The zero-order valence-corrected chi connectivity index (χ0v) is 19.7. The minimum Gasteiger partial charge on any atom is -0.493 e. The highest BCUT2D eigenvalue weighted by atomic mass is 19.4. The summed E-state index contributed by atoms with van der Waals surface area (Å²) in [5.74, 6) is 1.91. The number of methoxy groups -OCH3 is 2. The normalized spacial score (nSPS) is 12.7. The van der Waals surface area contributed by atoms with Crippen LogP contribution in [0.4, 0.5) is 24.8 Å². The summed E-state index contributed by atoms with van der Waals surface area (Å²) in [4.78, 5) is 12.3. The maximum Gasteiger partial charge on any atom is 0.433 e. The van der Waals surface area contributed by atoms with Gasteiger partial charge in [-0.2, -0.15) is 13.2 Å². The van der Waals surface area contributed by atoms with Crippen molar-refractivity contribution in [1.82, 2.24) is 15.0 Å². The zero-order chi connectivity index (χ0) is 25.0. The van der Waals surface area contributed by atoms with Crippen molar-refractivity contribution in [1.29, 1.82) is 0 Å². The Morgan fingerprint density at radius 2 is 1.76 bits per heavy atom. The highest BCUT2D eigenvalue weighted by molar-refractivity contribution is 5.91. The first-order chi connectivity index (χ1) is 16.0. The number of nitrogens with one attached hydrogen (secondary N) is 1. The quantitative estimate of drug-likeness (QED) is 0.459. The van der Waals surface area contributed by atoms with Crippen molar-refractivity contribution in [2.75, 3.05) is 31.9 Å². The highest BCUT2D eigenvalue weighted by Crippen LogP contribution is 2.35. The van der Waals surface area contributed by atoms with Gasteiger partial charge in [-0.15, -0.1) is 0 Å². The van der Waals surface area contributed by atoms with E-state index in [0.29, 0.717) is 46.2 Å². The van der Waals surface area contributed by atoms with Crippen LogP contribution in [0, 0.1) is 12.8 Å². The van der Waals surface area contributed by atoms with Crippen LogP contribution in [0.5, 0.6) is 11.5 Å². The fourth-order valence-corrected chi connectivity index (χ4v) is 3.41. The molecule has 2 aromatic heterocycles. The van der Waals surface area contributed by atoms with Gasteiger partial charge in [0.05, 0.1) is 18.7 Å². The third kappa shape index (κ3) is 5.96. The number of hydrogen-bond donors (Lipinski definition) is 2. The molecule has 0 saturated carbocycles. The first-order valence-electron chi connectivity index (χ1n) is 10.6. The Hall–Kier alpha value is -3.34. The smallest absolute Gasteiger partial charge is 0.433 e. The van der Waals surface area contributed by atoms with Gasteiger partial charge in [0.25, 0.3) is 0 Å². The van der Waals surface area contributed by atoms with Crippen LogP contribution >= 0.6 is 0 Å². The van der Waals surface area contributed by atoms with E-state index in [4.69, 9.17) is 19.9 Å². The van der Waals surface area contributed by atoms with Crippen molar-refractivity contribution in [2.24, 2.45) is 5.92 Å². The van der Waals surface area contributed by atoms with E-state index in [1.54, 1.807) is 26.2 Å². The molecule has 0 aliphatic heterocycles. The number of anilines is 2. The van der Waals surface area contributed by atoms with E-state index >= 15 is 0 Å². The lowest BCUT2D eigenvalue weighted by molar-refractivity contribution is -0.141. The van der Waals surface area contributed by atoms with E-state index in [2.05, 4.69) is 20.3 Å². The van der Waals surface area contributed by atoms with Crippen LogP contribution in [-0.2, 0) is 17.5 Å². The van der Waals surface area contributed by atoms with Crippen molar-refractivity contribution in [3.63, 3.8) is 0 Å². The lowest BCUT2D eigenvalue weighted by Crippen LogP contribution is -2.26. The minimum atomic E-state index is -4.60.